The number of ether oxygens (including phenoxy) is 1. The van der Waals surface area contributed by atoms with Gasteiger partial charge in [0.05, 0.1) is 3.57 Å². The Hall–Kier alpha value is -1.07. The first-order valence-corrected chi connectivity index (χ1v) is 7.59. The minimum atomic E-state index is 0.878. The lowest BCUT2D eigenvalue weighted by molar-refractivity contribution is 0.479. The fourth-order valence-electron chi connectivity index (χ4n) is 1.74. The summed E-state index contributed by atoms with van der Waals surface area (Å²) in [6.07, 6.45) is 1.16. The van der Waals surface area contributed by atoms with E-state index in [1.165, 1.54) is 5.56 Å². The van der Waals surface area contributed by atoms with Crippen molar-refractivity contribution in [1.29, 1.82) is 0 Å². The molecule has 2 rings (SSSR count). The highest BCUT2D eigenvalue weighted by atomic mass is 127. The van der Waals surface area contributed by atoms with Gasteiger partial charge >= 0.3 is 0 Å². The summed E-state index contributed by atoms with van der Waals surface area (Å²) in [6.45, 7) is 4.14. The molecule has 0 unspecified atom stereocenters. The number of hydrogen-bond donors (Lipinski definition) is 1. The summed E-state index contributed by atoms with van der Waals surface area (Å²) in [4.78, 5) is 0. The molecule has 19 heavy (non-hydrogen) atoms. The van der Waals surface area contributed by atoms with E-state index in [2.05, 4.69) is 47.0 Å². The number of nitrogens with one attached hydrogen (secondary N) is 1. The molecule has 2 nitrogen and oxygen atoms in total. The minimum Gasteiger partial charge on any atom is -0.456 e. The standard InChI is InChI=1S/C16H18INO/c1-2-11-18-12-13-7-9-14(10-8-13)19-16-6-4-3-5-15(16)17/h3-10,18H,2,11-12H2,1H3. The van der Waals surface area contributed by atoms with Crippen LogP contribution in [0.4, 0.5) is 0 Å². The maximum Gasteiger partial charge on any atom is 0.140 e. The normalized spacial score (nSPS) is 10.4. The van der Waals surface area contributed by atoms with Gasteiger partial charge in [0.15, 0.2) is 0 Å². The molecule has 100 valence electrons. The van der Waals surface area contributed by atoms with Crippen LogP contribution >= 0.6 is 22.6 Å². The molecule has 0 radical (unpaired) electrons. The lowest BCUT2D eigenvalue weighted by Gasteiger charge is -2.08. The third-order valence-corrected chi connectivity index (χ3v) is 3.63. The molecule has 0 fully saturated rings. The van der Waals surface area contributed by atoms with Gasteiger partial charge in [0, 0.05) is 6.54 Å². The number of halogens is 1. The summed E-state index contributed by atoms with van der Waals surface area (Å²) >= 11 is 2.28. The average molecular weight is 367 g/mol. The Bertz CT molecular complexity index is 510. The highest BCUT2D eigenvalue weighted by Gasteiger charge is 2.01. The predicted molar refractivity (Wildman–Crippen MR) is 87.7 cm³/mol. The minimum absolute atomic E-state index is 0.878. The van der Waals surface area contributed by atoms with Gasteiger partial charge in [0.2, 0.25) is 0 Å². The molecule has 0 saturated heterocycles. The van der Waals surface area contributed by atoms with Crippen molar-refractivity contribution < 1.29 is 4.74 Å². The Balaban J connectivity index is 1.97. The predicted octanol–water partition coefficient (Wildman–Crippen LogP) is 4.58. The smallest absolute Gasteiger partial charge is 0.140 e. The van der Waals surface area contributed by atoms with Crippen molar-refractivity contribution in [2.24, 2.45) is 0 Å². The molecule has 0 spiro atoms. The zero-order valence-corrected chi connectivity index (χ0v) is 13.2. The number of hydrogen-bond acceptors (Lipinski definition) is 2. The van der Waals surface area contributed by atoms with E-state index >= 15 is 0 Å². The van der Waals surface area contributed by atoms with Gasteiger partial charge in [-0.25, -0.2) is 0 Å². The van der Waals surface area contributed by atoms with E-state index in [1.54, 1.807) is 0 Å². The monoisotopic (exact) mass is 367 g/mol. The first kappa shape index (κ1) is 14.3. The van der Waals surface area contributed by atoms with Gasteiger partial charge in [-0.15, -0.1) is 0 Å². The molecule has 2 aromatic carbocycles. The van der Waals surface area contributed by atoms with E-state index in [0.29, 0.717) is 0 Å². The first-order valence-electron chi connectivity index (χ1n) is 6.51. The molecule has 0 atom stereocenters. The summed E-state index contributed by atoms with van der Waals surface area (Å²) in [6, 6.07) is 16.3. The van der Waals surface area contributed by atoms with Crippen LogP contribution in [0.3, 0.4) is 0 Å². The second-order valence-corrected chi connectivity index (χ2v) is 5.52. The van der Waals surface area contributed by atoms with Gasteiger partial charge in [-0.1, -0.05) is 31.2 Å². The second-order valence-electron chi connectivity index (χ2n) is 4.35. The lowest BCUT2D eigenvalue weighted by atomic mass is 10.2. The third kappa shape index (κ3) is 4.51. The molecular formula is C16H18INO. The summed E-state index contributed by atoms with van der Waals surface area (Å²) in [5.41, 5.74) is 1.28. The van der Waals surface area contributed by atoms with Crippen LogP contribution in [0.1, 0.15) is 18.9 Å². The van der Waals surface area contributed by atoms with Crippen LogP contribution in [0, 0.1) is 3.57 Å². The van der Waals surface area contributed by atoms with Crippen molar-refractivity contribution in [1.82, 2.24) is 5.32 Å². The fourth-order valence-corrected chi connectivity index (χ4v) is 2.24. The van der Waals surface area contributed by atoms with Gasteiger partial charge in [-0.05, 0) is 65.4 Å². The van der Waals surface area contributed by atoms with E-state index in [1.807, 2.05) is 36.4 Å². The summed E-state index contributed by atoms with van der Waals surface area (Å²) in [5, 5.41) is 3.39. The summed E-state index contributed by atoms with van der Waals surface area (Å²) in [5.74, 6) is 1.78. The van der Waals surface area contributed by atoms with E-state index < -0.39 is 0 Å². The highest BCUT2D eigenvalue weighted by Crippen LogP contribution is 2.26. The molecule has 0 heterocycles. The Morgan fingerprint density at radius 1 is 1.05 bits per heavy atom. The zero-order valence-electron chi connectivity index (χ0n) is 11.0. The Labute approximate surface area is 128 Å². The first-order chi connectivity index (χ1) is 9.29. The van der Waals surface area contributed by atoms with Gasteiger partial charge in [-0.3, -0.25) is 0 Å². The van der Waals surface area contributed by atoms with Crippen molar-refractivity contribution >= 4 is 22.6 Å². The molecule has 1 N–H and O–H groups in total. The van der Waals surface area contributed by atoms with Crippen molar-refractivity contribution in [3.8, 4) is 11.5 Å². The summed E-state index contributed by atoms with van der Waals surface area (Å²) in [7, 11) is 0. The molecule has 3 heteroatoms. The van der Waals surface area contributed by atoms with Crippen molar-refractivity contribution in [2.75, 3.05) is 6.54 Å². The fraction of sp³-hybridized carbons (Fsp3) is 0.250. The van der Waals surface area contributed by atoms with Gasteiger partial charge in [0.1, 0.15) is 11.5 Å². The topological polar surface area (TPSA) is 21.3 Å². The molecular weight excluding hydrogens is 349 g/mol. The molecule has 0 bridgehead atoms. The van der Waals surface area contributed by atoms with Gasteiger partial charge < -0.3 is 10.1 Å². The van der Waals surface area contributed by atoms with Gasteiger partial charge in [0.25, 0.3) is 0 Å². The molecule has 2 aromatic rings. The Morgan fingerprint density at radius 3 is 2.47 bits per heavy atom. The maximum atomic E-state index is 5.86. The van der Waals surface area contributed by atoms with E-state index in [9.17, 15) is 0 Å². The number of benzene rings is 2. The van der Waals surface area contributed by atoms with Crippen LogP contribution in [0.5, 0.6) is 11.5 Å². The highest BCUT2D eigenvalue weighted by molar-refractivity contribution is 14.1. The third-order valence-electron chi connectivity index (χ3n) is 2.74. The van der Waals surface area contributed by atoms with Crippen LogP contribution in [0.25, 0.3) is 0 Å². The van der Waals surface area contributed by atoms with Crippen LogP contribution < -0.4 is 10.1 Å². The lowest BCUT2D eigenvalue weighted by Crippen LogP contribution is -2.13. The van der Waals surface area contributed by atoms with E-state index in [4.69, 9.17) is 4.74 Å². The Kier molecular flexibility index (Phi) is 5.66. The van der Waals surface area contributed by atoms with Crippen LogP contribution in [0.2, 0.25) is 0 Å². The molecule has 0 amide bonds. The van der Waals surface area contributed by atoms with Crippen molar-refractivity contribution in [2.45, 2.75) is 19.9 Å². The quantitative estimate of drug-likeness (QED) is 0.596. The van der Waals surface area contributed by atoms with Crippen LogP contribution in [-0.2, 0) is 6.54 Å². The SMILES string of the molecule is CCCNCc1ccc(Oc2ccccc2I)cc1. The largest absolute Gasteiger partial charge is 0.456 e. The molecule has 0 saturated carbocycles. The molecule has 0 aliphatic rings. The number of rotatable bonds is 6. The molecule has 0 aliphatic heterocycles. The zero-order chi connectivity index (χ0) is 13.5. The molecule has 0 aromatic heterocycles. The van der Waals surface area contributed by atoms with Crippen molar-refractivity contribution in [3.63, 3.8) is 0 Å². The maximum absolute atomic E-state index is 5.86. The van der Waals surface area contributed by atoms with E-state index in [-0.39, 0.29) is 0 Å². The van der Waals surface area contributed by atoms with Crippen LogP contribution in [0.15, 0.2) is 48.5 Å². The average Bonchev–Trinajstić information content (AvgIpc) is 2.44. The van der Waals surface area contributed by atoms with Gasteiger partial charge in [-0.2, -0.15) is 0 Å². The second kappa shape index (κ2) is 7.50. The molecule has 0 aliphatic carbocycles. The van der Waals surface area contributed by atoms with Crippen molar-refractivity contribution in [3.05, 3.63) is 57.7 Å². The van der Waals surface area contributed by atoms with Crippen LogP contribution in [-0.4, -0.2) is 6.54 Å². The Morgan fingerprint density at radius 2 is 1.79 bits per heavy atom. The van der Waals surface area contributed by atoms with E-state index in [0.717, 1.165) is 34.6 Å². The number of para-hydroxylation sites is 1. The summed E-state index contributed by atoms with van der Waals surface area (Å²) < 4.78 is 6.98.